The van der Waals surface area contributed by atoms with E-state index in [-0.39, 0.29) is 11.9 Å². The lowest BCUT2D eigenvalue weighted by atomic mass is 10.0. The molecule has 0 heterocycles. The maximum atomic E-state index is 11.3. The van der Waals surface area contributed by atoms with Crippen molar-refractivity contribution in [3.05, 3.63) is 0 Å². The number of hydrogen-bond acceptors (Lipinski definition) is 3. The van der Waals surface area contributed by atoms with Gasteiger partial charge in [-0.05, 0) is 19.3 Å². The lowest BCUT2D eigenvalue weighted by Gasteiger charge is -2.16. The molecule has 0 aromatic rings. The Morgan fingerprint density at radius 2 is 2.00 bits per heavy atom. The fraction of sp³-hybridized carbons (Fsp3) is 0.900. The second-order valence-corrected chi connectivity index (χ2v) is 4.01. The van der Waals surface area contributed by atoms with Gasteiger partial charge < -0.3 is 15.8 Å². The van der Waals surface area contributed by atoms with Gasteiger partial charge in [0.1, 0.15) is 6.10 Å². The zero-order valence-corrected chi connectivity index (χ0v) is 9.54. The maximum absolute atomic E-state index is 11.3. The fourth-order valence-electron chi connectivity index (χ4n) is 1.17. The van der Waals surface area contributed by atoms with Gasteiger partial charge in [0.25, 0.3) is 0 Å². The Morgan fingerprint density at radius 3 is 2.43 bits per heavy atom. The van der Waals surface area contributed by atoms with E-state index in [0.717, 1.165) is 6.42 Å². The van der Waals surface area contributed by atoms with E-state index in [1.807, 2.05) is 0 Å². The van der Waals surface area contributed by atoms with Crippen molar-refractivity contribution in [2.24, 2.45) is 11.7 Å². The highest BCUT2D eigenvalue weighted by Gasteiger charge is 2.12. The van der Waals surface area contributed by atoms with Gasteiger partial charge in [-0.15, -0.1) is 0 Å². The number of nitrogens with one attached hydrogen (secondary N) is 1. The highest BCUT2D eigenvalue weighted by molar-refractivity contribution is 5.80. The Bertz CT molecular complexity index is 172. The zero-order chi connectivity index (χ0) is 11.1. The van der Waals surface area contributed by atoms with Crippen molar-refractivity contribution in [2.45, 2.75) is 39.3 Å². The second kappa shape index (κ2) is 6.79. The van der Waals surface area contributed by atoms with Crippen molar-refractivity contribution in [3.8, 4) is 0 Å². The molecule has 2 unspecified atom stereocenters. The lowest BCUT2D eigenvalue weighted by molar-refractivity contribution is -0.130. The van der Waals surface area contributed by atoms with Gasteiger partial charge in [-0.25, -0.2) is 0 Å². The van der Waals surface area contributed by atoms with Crippen LogP contribution in [0.5, 0.6) is 0 Å². The summed E-state index contributed by atoms with van der Waals surface area (Å²) in [6.07, 6.45) is 0.517. The molecule has 14 heavy (non-hydrogen) atoms. The van der Waals surface area contributed by atoms with Crippen LogP contribution in [0.1, 0.15) is 27.2 Å². The van der Waals surface area contributed by atoms with Gasteiger partial charge in [-0.3, -0.25) is 4.79 Å². The molecule has 1 amide bonds. The number of methoxy groups -OCH3 is 1. The molecule has 4 nitrogen and oxygen atoms in total. The number of amides is 1. The summed E-state index contributed by atoms with van der Waals surface area (Å²) in [7, 11) is 1.51. The van der Waals surface area contributed by atoms with Gasteiger partial charge >= 0.3 is 0 Å². The van der Waals surface area contributed by atoms with Gasteiger partial charge in [0.15, 0.2) is 0 Å². The smallest absolute Gasteiger partial charge is 0.248 e. The molecule has 0 aromatic heterocycles. The summed E-state index contributed by atoms with van der Waals surface area (Å²) in [6, 6.07) is 0.0306. The van der Waals surface area contributed by atoms with Crippen molar-refractivity contribution in [1.29, 1.82) is 0 Å². The fourth-order valence-corrected chi connectivity index (χ4v) is 1.17. The first kappa shape index (κ1) is 13.4. The Kier molecular flexibility index (Phi) is 6.49. The number of hydrogen-bond donors (Lipinski definition) is 2. The molecule has 84 valence electrons. The summed E-state index contributed by atoms with van der Waals surface area (Å²) < 4.78 is 4.87. The first-order valence-electron chi connectivity index (χ1n) is 5.03. The van der Waals surface area contributed by atoms with Crippen LogP contribution >= 0.6 is 0 Å². The molecule has 0 saturated heterocycles. The highest BCUT2D eigenvalue weighted by Crippen LogP contribution is 2.01. The molecule has 0 spiro atoms. The number of carbonyl (C=O) groups excluding carboxylic acids is 1. The van der Waals surface area contributed by atoms with Gasteiger partial charge in [0, 0.05) is 19.7 Å². The van der Waals surface area contributed by atoms with Crippen LogP contribution in [0.3, 0.4) is 0 Å². The molecule has 0 aliphatic heterocycles. The zero-order valence-electron chi connectivity index (χ0n) is 9.54. The molecule has 0 aromatic carbocycles. The Balaban J connectivity index is 3.66. The Hall–Kier alpha value is -0.610. The summed E-state index contributed by atoms with van der Waals surface area (Å²) in [5.74, 6) is 0.452. The van der Waals surface area contributed by atoms with E-state index >= 15 is 0 Å². The van der Waals surface area contributed by atoms with Crippen molar-refractivity contribution in [2.75, 3.05) is 13.7 Å². The van der Waals surface area contributed by atoms with Crippen molar-refractivity contribution in [1.82, 2.24) is 5.32 Å². The molecule has 0 bridgehead atoms. The minimum Gasteiger partial charge on any atom is -0.372 e. The monoisotopic (exact) mass is 202 g/mol. The number of rotatable bonds is 6. The quantitative estimate of drug-likeness (QED) is 0.659. The van der Waals surface area contributed by atoms with Crippen LogP contribution in [0.2, 0.25) is 0 Å². The molecule has 2 atom stereocenters. The average Bonchev–Trinajstić information content (AvgIpc) is 2.11. The average molecular weight is 202 g/mol. The minimum atomic E-state index is -0.402. The van der Waals surface area contributed by atoms with E-state index in [1.54, 1.807) is 6.92 Å². The van der Waals surface area contributed by atoms with Crippen molar-refractivity contribution < 1.29 is 9.53 Å². The summed E-state index contributed by atoms with van der Waals surface area (Å²) in [4.78, 5) is 11.3. The van der Waals surface area contributed by atoms with Crippen molar-refractivity contribution in [3.63, 3.8) is 0 Å². The Morgan fingerprint density at radius 1 is 1.43 bits per heavy atom. The topological polar surface area (TPSA) is 64.3 Å². The van der Waals surface area contributed by atoms with E-state index < -0.39 is 6.10 Å². The first-order valence-corrected chi connectivity index (χ1v) is 5.03. The molecule has 0 aliphatic carbocycles. The van der Waals surface area contributed by atoms with Crippen LogP contribution in [-0.4, -0.2) is 31.7 Å². The molecule has 0 aliphatic rings. The standard InChI is InChI=1S/C10H22N2O2/c1-7(2)5-9(11)6-12-10(13)8(3)14-4/h7-9H,5-6,11H2,1-4H3,(H,12,13). The molecule has 3 N–H and O–H groups in total. The van der Waals surface area contributed by atoms with E-state index in [9.17, 15) is 4.79 Å². The van der Waals surface area contributed by atoms with Crippen LogP contribution in [-0.2, 0) is 9.53 Å². The number of ether oxygens (including phenoxy) is 1. The number of carbonyl (C=O) groups is 1. The van der Waals surface area contributed by atoms with Gasteiger partial charge in [-0.1, -0.05) is 13.8 Å². The molecule has 0 fully saturated rings. The highest BCUT2D eigenvalue weighted by atomic mass is 16.5. The van der Waals surface area contributed by atoms with Gasteiger partial charge in [0.2, 0.25) is 5.91 Å². The predicted molar refractivity (Wildman–Crippen MR) is 56.9 cm³/mol. The molecular weight excluding hydrogens is 180 g/mol. The third-order valence-electron chi connectivity index (χ3n) is 2.04. The van der Waals surface area contributed by atoms with Gasteiger partial charge in [0.05, 0.1) is 0 Å². The van der Waals surface area contributed by atoms with Gasteiger partial charge in [-0.2, -0.15) is 0 Å². The van der Waals surface area contributed by atoms with Crippen LogP contribution in [0, 0.1) is 5.92 Å². The molecule has 4 heteroatoms. The van der Waals surface area contributed by atoms with Crippen LogP contribution in [0.15, 0.2) is 0 Å². The summed E-state index contributed by atoms with van der Waals surface area (Å²) in [5.41, 5.74) is 5.81. The molecule has 0 rings (SSSR count). The summed E-state index contributed by atoms with van der Waals surface area (Å²) >= 11 is 0. The number of nitrogens with two attached hydrogens (primary N) is 1. The third-order valence-corrected chi connectivity index (χ3v) is 2.04. The first-order chi connectivity index (χ1) is 6.47. The van der Waals surface area contributed by atoms with E-state index in [1.165, 1.54) is 7.11 Å². The molecule has 0 radical (unpaired) electrons. The van der Waals surface area contributed by atoms with Crippen LogP contribution in [0.4, 0.5) is 0 Å². The lowest BCUT2D eigenvalue weighted by Crippen LogP contribution is -2.42. The maximum Gasteiger partial charge on any atom is 0.248 e. The van der Waals surface area contributed by atoms with Crippen LogP contribution < -0.4 is 11.1 Å². The van der Waals surface area contributed by atoms with E-state index in [4.69, 9.17) is 10.5 Å². The minimum absolute atomic E-state index is 0.0306. The Labute approximate surface area is 86.2 Å². The molecular formula is C10H22N2O2. The van der Waals surface area contributed by atoms with Crippen molar-refractivity contribution >= 4 is 5.91 Å². The van der Waals surface area contributed by atoms with E-state index in [2.05, 4.69) is 19.2 Å². The normalized spacial score (nSPS) is 15.3. The predicted octanol–water partition coefficient (Wildman–Crippen LogP) is 0.511. The molecule has 0 saturated carbocycles. The largest absolute Gasteiger partial charge is 0.372 e. The second-order valence-electron chi connectivity index (χ2n) is 4.01. The summed E-state index contributed by atoms with van der Waals surface area (Å²) in [5, 5.41) is 2.75. The van der Waals surface area contributed by atoms with Crippen LogP contribution in [0.25, 0.3) is 0 Å². The van der Waals surface area contributed by atoms with E-state index in [0.29, 0.717) is 12.5 Å². The third kappa shape index (κ3) is 5.94. The summed E-state index contributed by atoms with van der Waals surface area (Å²) in [6.45, 7) is 6.45. The SMILES string of the molecule is COC(C)C(=O)NCC(N)CC(C)C.